The highest BCUT2D eigenvalue weighted by atomic mass is 19.1. The van der Waals surface area contributed by atoms with Gasteiger partial charge in [-0.15, -0.1) is 0 Å². The third kappa shape index (κ3) is 6.04. The number of ether oxygens (including phenoxy) is 2. The van der Waals surface area contributed by atoms with Crippen molar-refractivity contribution in [2.75, 3.05) is 26.8 Å². The third-order valence-corrected chi connectivity index (χ3v) is 7.69. The Balaban J connectivity index is 1.36. The van der Waals surface area contributed by atoms with E-state index in [0.717, 1.165) is 36.9 Å². The van der Waals surface area contributed by atoms with Gasteiger partial charge in [-0.1, -0.05) is 30.7 Å². The number of rotatable bonds is 9. The van der Waals surface area contributed by atoms with E-state index in [-0.39, 0.29) is 11.7 Å². The maximum absolute atomic E-state index is 13.8. The summed E-state index contributed by atoms with van der Waals surface area (Å²) in [7, 11) is 1.58. The molecule has 2 heterocycles. The Hall–Kier alpha value is -2.44. The zero-order valence-electron chi connectivity index (χ0n) is 21.3. The number of nitrogens with zero attached hydrogens (tertiary/aromatic N) is 1. The first-order chi connectivity index (χ1) is 16.9. The highest BCUT2D eigenvalue weighted by Crippen LogP contribution is 2.33. The fraction of sp³-hybridized carbons (Fsp3) is 0.552. The van der Waals surface area contributed by atoms with Crippen LogP contribution in [-0.4, -0.2) is 55.3 Å². The second kappa shape index (κ2) is 11.5. The standard InChI is InChI=1S/C29H39FN2O3/c1-21-7-4-8-22(2)32(21)17-6-16-31-28(33)29(15-5-18-35-29)20-23-9-11-24(12-10-23)26-19-25(30)13-14-27(26)34-3/h9-14,19,21-22H,4-8,15-18,20H2,1-3H3,(H,31,33)/t21-,22+,29-/m1/s1. The van der Waals surface area contributed by atoms with Crippen molar-refractivity contribution in [3.63, 3.8) is 0 Å². The Kier molecular flexibility index (Phi) is 8.45. The van der Waals surface area contributed by atoms with E-state index in [9.17, 15) is 9.18 Å². The topological polar surface area (TPSA) is 50.8 Å². The minimum atomic E-state index is -0.816. The number of likely N-dealkylation sites (tertiary alicyclic amines) is 1. The molecule has 0 aliphatic carbocycles. The van der Waals surface area contributed by atoms with Gasteiger partial charge in [0.2, 0.25) is 0 Å². The molecule has 2 aromatic rings. The molecular formula is C29H39FN2O3. The predicted molar refractivity (Wildman–Crippen MR) is 137 cm³/mol. The van der Waals surface area contributed by atoms with Crippen molar-refractivity contribution in [1.29, 1.82) is 0 Å². The van der Waals surface area contributed by atoms with Gasteiger partial charge in [-0.05, 0) is 75.3 Å². The van der Waals surface area contributed by atoms with Crippen molar-refractivity contribution in [2.45, 2.75) is 76.5 Å². The summed E-state index contributed by atoms with van der Waals surface area (Å²) in [6.07, 6.45) is 6.91. The van der Waals surface area contributed by atoms with Gasteiger partial charge >= 0.3 is 0 Å². The first-order valence-electron chi connectivity index (χ1n) is 13.0. The largest absolute Gasteiger partial charge is 0.496 e. The van der Waals surface area contributed by atoms with Crippen LogP contribution in [-0.2, 0) is 16.0 Å². The van der Waals surface area contributed by atoms with Crippen LogP contribution >= 0.6 is 0 Å². The van der Waals surface area contributed by atoms with Gasteiger partial charge in [0.05, 0.1) is 7.11 Å². The lowest BCUT2D eigenvalue weighted by Gasteiger charge is -2.39. The van der Waals surface area contributed by atoms with E-state index >= 15 is 0 Å². The molecule has 4 rings (SSSR count). The van der Waals surface area contributed by atoms with Crippen molar-refractivity contribution >= 4 is 5.91 Å². The van der Waals surface area contributed by atoms with Crippen LogP contribution in [0.15, 0.2) is 42.5 Å². The Labute approximate surface area is 209 Å². The summed E-state index contributed by atoms with van der Waals surface area (Å²) in [6.45, 7) is 6.91. The van der Waals surface area contributed by atoms with Crippen molar-refractivity contribution in [2.24, 2.45) is 0 Å². The van der Waals surface area contributed by atoms with Crippen molar-refractivity contribution in [3.05, 3.63) is 53.8 Å². The molecule has 2 aliphatic heterocycles. The third-order valence-electron chi connectivity index (χ3n) is 7.69. The molecule has 2 fully saturated rings. The molecule has 1 amide bonds. The molecule has 0 saturated carbocycles. The van der Waals surface area contributed by atoms with E-state index in [1.807, 2.05) is 24.3 Å². The number of benzene rings is 2. The number of halogens is 1. The van der Waals surface area contributed by atoms with E-state index in [0.29, 0.717) is 43.0 Å². The van der Waals surface area contributed by atoms with Crippen LogP contribution in [0.5, 0.6) is 5.75 Å². The van der Waals surface area contributed by atoms with Gasteiger partial charge in [-0.3, -0.25) is 9.69 Å². The van der Waals surface area contributed by atoms with Crippen LogP contribution in [0.3, 0.4) is 0 Å². The van der Waals surface area contributed by atoms with Crippen molar-refractivity contribution < 1.29 is 18.7 Å². The van der Waals surface area contributed by atoms with Gasteiger partial charge in [0.1, 0.15) is 11.6 Å². The second-order valence-electron chi connectivity index (χ2n) is 10.1. The predicted octanol–water partition coefficient (Wildman–Crippen LogP) is 5.36. The lowest BCUT2D eigenvalue weighted by Crippen LogP contribution is -2.49. The van der Waals surface area contributed by atoms with E-state index in [1.165, 1.54) is 31.4 Å². The lowest BCUT2D eigenvalue weighted by atomic mass is 9.89. The summed E-state index contributed by atoms with van der Waals surface area (Å²) >= 11 is 0. The minimum Gasteiger partial charge on any atom is -0.496 e. The Morgan fingerprint density at radius 2 is 1.89 bits per heavy atom. The Morgan fingerprint density at radius 1 is 1.14 bits per heavy atom. The average molecular weight is 483 g/mol. The summed E-state index contributed by atoms with van der Waals surface area (Å²) in [4.78, 5) is 15.8. The van der Waals surface area contributed by atoms with Gasteiger partial charge in [0.15, 0.2) is 5.60 Å². The highest BCUT2D eigenvalue weighted by Gasteiger charge is 2.42. The number of carbonyl (C=O) groups is 1. The van der Waals surface area contributed by atoms with Crippen LogP contribution in [0.2, 0.25) is 0 Å². The second-order valence-corrected chi connectivity index (χ2v) is 10.1. The molecule has 2 aliphatic rings. The average Bonchev–Trinajstić information content (AvgIpc) is 3.33. The van der Waals surface area contributed by atoms with Crippen molar-refractivity contribution in [1.82, 2.24) is 10.2 Å². The Bertz CT molecular complexity index is 978. The van der Waals surface area contributed by atoms with Crippen LogP contribution < -0.4 is 10.1 Å². The number of methoxy groups -OCH3 is 1. The molecule has 2 aromatic carbocycles. The molecule has 190 valence electrons. The molecule has 6 heteroatoms. The fourth-order valence-electron chi connectivity index (χ4n) is 5.67. The first kappa shape index (κ1) is 25.6. The summed E-state index contributed by atoms with van der Waals surface area (Å²) in [6, 6.07) is 13.6. The zero-order chi connectivity index (χ0) is 24.8. The van der Waals surface area contributed by atoms with Crippen molar-refractivity contribution in [3.8, 4) is 16.9 Å². The SMILES string of the molecule is COc1ccc(F)cc1-c1ccc(C[C@@]2(C(=O)NCCCN3[C@H](C)CCC[C@@H]3C)CCCO2)cc1. The normalized spacial score (nSPS) is 24.9. The summed E-state index contributed by atoms with van der Waals surface area (Å²) in [5, 5.41) is 3.16. The van der Waals surface area contributed by atoms with Gasteiger partial charge in [-0.25, -0.2) is 4.39 Å². The molecule has 0 unspecified atom stereocenters. The lowest BCUT2D eigenvalue weighted by molar-refractivity contribution is -0.141. The molecule has 1 N–H and O–H groups in total. The monoisotopic (exact) mass is 482 g/mol. The minimum absolute atomic E-state index is 0.00869. The zero-order valence-corrected chi connectivity index (χ0v) is 21.3. The number of nitrogens with one attached hydrogen (secondary N) is 1. The number of hydrogen-bond acceptors (Lipinski definition) is 4. The molecule has 0 radical (unpaired) electrons. The quantitative estimate of drug-likeness (QED) is 0.489. The summed E-state index contributed by atoms with van der Waals surface area (Å²) in [5.74, 6) is 0.317. The molecule has 5 nitrogen and oxygen atoms in total. The van der Waals surface area contributed by atoms with Crippen LogP contribution in [0.1, 0.15) is 57.9 Å². The van der Waals surface area contributed by atoms with Crippen LogP contribution in [0.25, 0.3) is 11.1 Å². The molecule has 0 aromatic heterocycles. The first-order valence-corrected chi connectivity index (χ1v) is 13.0. The van der Waals surface area contributed by atoms with Gasteiger partial charge < -0.3 is 14.8 Å². The van der Waals surface area contributed by atoms with Gasteiger partial charge in [-0.2, -0.15) is 0 Å². The number of hydrogen-bond donors (Lipinski definition) is 1. The fourth-order valence-corrected chi connectivity index (χ4v) is 5.67. The maximum Gasteiger partial charge on any atom is 0.252 e. The maximum atomic E-state index is 13.8. The van der Waals surface area contributed by atoms with E-state index < -0.39 is 5.60 Å². The van der Waals surface area contributed by atoms with E-state index in [4.69, 9.17) is 9.47 Å². The summed E-state index contributed by atoms with van der Waals surface area (Å²) in [5.41, 5.74) is 1.79. The van der Waals surface area contributed by atoms with Gasteiger partial charge in [0, 0.05) is 43.8 Å². The molecular weight excluding hydrogens is 443 g/mol. The molecule has 2 saturated heterocycles. The molecule has 0 spiro atoms. The number of amides is 1. The Morgan fingerprint density at radius 3 is 2.54 bits per heavy atom. The molecule has 3 atom stereocenters. The number of carbonyl (C=O) groups excluding carboxylic acids is 1. The molecule has 0 bridgehead atoms. The van der Waals surface area contributed by atoms with E-state index in [2.05, 4.69) is 24.1 Å². The van der Waals surface area contributed by atoms with E-state index in [1.54, 1.807) is 13.2 Å². The molecule has 35 heavy (non-hydrogen) atoms. The van der Waals surface area contributed by atoms with Crippen LogP contribution in [0, 0.1) is 5.82 Å². The highest BCUT2D eigenvalue weighted by molar-refractivity contribution is 5.86. The summed E-state index contributed by atoms with van der Waals surface area (Å²) < 4.78 is 25.3. The smallest absolute Gasteiger partial charge is 0.252 e. The van der Waals surface area contributed by atoms with Crippen LogP contribution in [0.4, 0.5) is 4.39 Å². The number of piperidine rings is 1. The van der Waals surface area contributed by atoms with Gasteiger partial charge in [0.25, 0.3) is 5.91 Å².